The van der Waals surface area contributed by atoms with E-state index in [1.54, 1.807) is 0 Å². The van der Waals surface area contributed by atoms with E-state index in [1.807, 2.05) is 0 Å². The fourth-order valence-electron chi connectivity index (χ4n) is 5.31. The molecule has 0 radical (unpaired) electrons. The summed E-state index contributed by atoms with van der Waals surface area (Å²) in [4.78, 5) is 13.3. The number of hydrogen-bond acceptors (Lipinski definition) is 15. The van der Waals surface area contributed by atoms with Crippen molar-refractivity contribution >= 4 is 11.0 Å². The lowest BCUT2D eigenvalue weighted by molar-refractivity contribution is -0.338. The number of hydrogen-bond donors (Lipinski definition) is 9. The Kier molecular flexibility index (Phi) is 8.54. The van der Waals surface area contributed by atoms with E-state index in [-0.39, 0.29) is 39.4 Å². The normalized spacial score (nSPS) is 33.0. The highest BCUT2D eigenvalue weighted by atomic mass is 16.7. The number of benzene rings is 2. The molecule has 0 bridgehead atoms. The van der Waals surface area contributed by atoms with Crippen LogP contribution in [0.1, 0.15) is 18.6 Å². The van der Waals surface area contributed by atoms with Gasteiger partial charge in [0, 0.05) is 17.7 Å². The summed E-state index contributed by atoms with van der Waals surface area (Å²) in [7, 11) is 1.23. The van der Waals surface area contributed by atoms with Crippen LogP contribution < -0.4 is 10.2 Å². The highest BCUT2D eigenvalue weighted by Gasteiger charge is 2.51. The first kappa shape index (κ1) is 30.9. The van der Waals surface area contributed by atoms with Crippen molar-refractivity contribution in [2.24, 2.45) is 0 Å². The molecule has 0 amide bonds. The molecule has 234 valence electrons. The van der Waals surface area contributed by atoms with Crippen LogP contribution in [0.15, 0.2) is 39.5 Å². The van der Waals surface area contributed by atoms with Crippen LogP contribution in [0.4, 0.5) is 0 Å². The first-order chi connectivity index (χ1) is 20.4. The molecule has 15 heteroatoms. The van der Waals surface area contributed by atoms with E-state index >= 15 is 0 Å². The van der Waals surface area contributed by atoms with Crippen LogP contribution in [0.2, 0.25) is 0 Å². The summed E-state index contributed by atoms with van der Waals surface area (Å²) in [6, 6.07) is 6.04. The molecule has 10 atom stereocenters. The van der Waals surface area contributed by atoms with Crippen LogP contribution in [-0.4, -0.2) is 115 Å². The van der Waals surface area contributed by atoms with Gasteiger partial charge in [0.05, 0.1) is 25.4 Å². The monoisotopic (exact) mass is 608 g/mol. The van der Waals surface area contributed by atoms with Crippen LogP contribution >= 0.6 is 0 Å². The Morgan fingerprint density at radius 3 is 2.23 bits per heavy atom. The minimum absolute atomic E-state index is 0.0191. The lowest BCUT2D eigenvalue weighted by Crippen LogP contribution is -2.61. The third kappa shape index (κ3) is 5.39. The molecule has 15 nitrogen and oxygen atoms in total. The predicted octanol–water partition coefficient (Wildman–Crippen LogP) is -1.05. The van der Waals surface area contributed by atoms with Crippen molar-refractivity contribution in [2.75, 3.05) is 13.7 Å². The second kappa shape index (κ2) is 11.9. The second-order valence-electron chi connectivity index (χ2n) is 10.4. The Hall–Kier alpha value is -3.51. The molecule has 2 saturated heterocycles. The summed E-state index contributed by atoms with van der Waals surface area (Å²) in [5.41, 5.74) is -0.908. The van der Waals surface area contributed by atoms with E-state index in [1.165, 1.54) is 38.3 Å². The van der Waals surface area contributed by atoms with Gasteiger partial charge in [-0.05, 0) is 25.1 Å². The summed E-state index contributed by atoms with van der Waals surface area (Å²) in [5, 5.41) is 92.8. The first-order valence-corrected chi connectivity index (χ1v) is 13.3. The lowest BCUT2D eigenvalue weighted by atomic mass is 9.89. The SMILES string of the molecule is COc1cc2oc(-c3ccc(O)c(O)c3)cc(=O)c2c(O)c1[C@@H]1O[C@H](CO)[C@@H](O)[C@H](O)[C@H]1O[C@@H]1O[C@@H](C)[C@H](O)[C@H](O)[C@@H]1O. The third-order valence-corrected chi connectivity index (χ3v) is 7.73. The van der Waals surface area contributed by atoms with Crippen molar-refractivity contribution in [1.29, 1.82) is 0 Å². The van der Waals surface area contributed by atoms with Crippen LogP contribution in [0, 0.1) is 0 Å². The van der Waals surface area contributed by atoms with Gasteiger partial charge in [-0.15, -0.1) is 0 Å². The summed E-state index contributed by atoms with van der Waals surface area (Å²) in [5.74, 6) is -1.71. The predicted molar refractivity (Wildman–Crippen MR) is 143 cm³/mol. The summed E-state index contributed by atoms with van der Waals surface area (Å²) in [6.45, 7) is 0.636. The average molecular weight is 609 g/mol. The number of fused-ring (bicyclic) bond motifs is 1. The number of methoxy groups -OCH3 is 1. The van der Waals surface area contributed by atoms with E-state index in [0.29, 0.717) is 0 Å². The Balaban J connectivity index is 1.62. The topological polar surface area (TPSA) is 249 Å². The molecule has 0 spiro atoms. The molecule has 43 heavy (non-hydrogen) atoms. The van der Waals surface area contributed by atoms with Crippen molar-refractivity contribution in [3.05, 3.63) is 46.1 Å². The Morgan fingerprint density at radius 1 is 0.860 bits per heavy atom. The number of rotatable bonds is 6. The third-order valence-electron chi connectivity index (χ3n) is 7.73. The van der Waals surface area contributed by atoms with Gasteiger partial charge in [-0.2, -0.15) is 0 Å². The molecule has 0 aliphatic carbocycles. The molecule has 3 aromatic rings. The number of phenols is 3. The van der Waals surface area contributed by atoms with Gasteiger partial charge < -0.3 is 69.3 Å². The lowest BCUT2D eigenvalue weighted by Gasteiger charge is -2.46. The fourth-order valence-corrected chi connectivity index (χ4v) is 5.31. The van der Waals surface area contributed by atoms with Crippen molar-refractivity contribution in [3.8, 4) is 34.3 Å². The van der Waals surface area contributed by atoms with E-state index in [2.05, 4.69) is 0 Å². The molecular formula is C28H32O15. The van der Waals surface area contributed by atoms with Gasteiger partial charge in [-0.1, -0.05) is 0 Å². The molecule has 2 aliphatic rings. The summed E-state index contributed by atoms with van der Waals surface area (Å²) in [6.07, 6.45) is -15.8. The van der Waals surface area contributed by atoms with Gasteiger partial charge in [-0.25, -0.2) is 0 Å². The van der Waals surface area contributed by atoms with Crippen molar-refractivity contribution < 1.29 is 69.3 Å². The maximum Gasteiger partial charge on any atom is 0.197 e. The van der Waals surface area contributed by atoms with Gasteiger partial charge in [-0.3, -0.25) is 4.79 Å². The average Bonchev–Trinajstić information content (AvgIpc) is 2.98. The maximum atomic E-state index is 13.3. The van der Waals surface area contributed by atoms with Crippen LogP contribution in [0.25, 0.3) is 22.3 Å². The van der Waals surface area contributed by atoms with Crippen molar-refractivity contribution in [2.45, 2.75) is 68.1 Å². The van der Waals surface area contributed by atoms with Gasteiger partial charge >= 0.3 is 0 Å². The van der Waals surface area contributed by atoms with E-state index < -0.39 is 84.8 Å². The molecule has 5 rings (SSSR count). The Bertz CT molecular complexity index is 1540. The fraction of sp³-hybridized carbons (Fsp3) is 0.464. The van der Waals surface area contributed by atoms with E-state index in [4.69, 9.17) is 23.4 Å². The first-order valence-electron chi connectivity index (χ1n) is 13.3. The zero-order chi connectivity index (χ0) is 31.3. The highest BCUT2D eigenvalue weighted by Crippen LogP contribution is 2.46. The van der Waals surface area contributed by atoms with Crippen LogP contribution in [0.5, 0.6) is 23.0 Å². The van der Waals surface area contributed by atoms with Gasteiger partial charge in [0.2, 0.25) is 0 Å². The number of ether oxygens (including phenoxy) is 4. The smallest absolute Gasteiger partial charge is 0.197 e. The quantitative estimate of drug-likeness (QED) is 0.152. The summed E-state index contributed by atoms with van der Waals surface area (Å²) >= 11 is 0. The summed E-state index contributed by atoms with van der Waals surface area (Å²) < 4.78 is 28.4. The van der Waals surface area contributed by atoms with Crippen molar-refractivity contribution in [3.63, 3.8) is 0 Å². The molecule has 0 unspecified atom stereocenters. The molecule has 0 saturated carbocycles. The molecule has 2 aliphatic heterocycles. The van der Waals surface area contributed by atoms with Crippen molar-refractivity contribution in [1.82, 2.24) is 0 Å². The maximum absolute atomic E-state index is 13.3. The Morgan fingerprint density at radius 2 is 1.58 bits per heavy atom. The largest absolute Gasteiger partial charge is 0.506 e. The number of phenolic OH excluding ortho intramolecular Hbond substituents is 3. The van der Waals surface area contributed by atoms with Crippen LogP contribution in [-0.2, 0) is 14.2 Å². The highest BCUT2D eigenvalue weighted by molar-refractivity contribution is 5.88. The molecule has 3 heterocycles. The van der Waals surface area contributed by atoms with Crippen LogP contribution in [0.3, 0.4) is 0 Å². The minimum atomic E-state index is -1.83. The molecular weight excluding hydrogens is 576 g/mol. The Labute approximate surface area is 242 Å². The van der Waals surface area contributed by atoms with Gasteiger partial charge in [0.1, 0.15) is 77.1 Å². The number of aliphatic hydroxyl groups is 6. The molecule has 2 aromatic carbocycles. The standard InChI is InChI=1S/C28H32O15/c1-9-20(33)23(36)25(38)28(40-9)43-27-24(37)21(34)17(8-29)42-26(27)19-15(39-2)7-16-18(22(19)35)13(32)6-14(41-16)10-3-4-11(30)12(31)5-10/h3-7,9,17,20-21,23-31,33-38H,8H2,1-2H3/t9-,17+,20-,21+,23-,24-,25-,26-,27+,28-/m0/s1. The zero-order valence-corrected chi connectivity index (χ0v) is 22.8. The van der Waals surface area contributed by atoms with Gasteiger partial charge in [0.15, 0.2) is 23.2 Å². The van der Waals surface area contributed by atoms with Gasteiger partial charge in [0.25, 0.3) is 0 Å². The molecule has 2 fully saturated rings. The second-order valence-corrected chi connectivity index (χ2v) is 10.4. The molecule has 9 N–H and O–H groups in total. The number of aliphatic hydroxyl groups excluding tert-OH is 6. The minimum Gasteiger partial charge on any atom is -0.506 e. The number of aromatic hydroxyl groups is 3. The molecule has 1 aromatic heterocycles. The van der Waals surface area contributed by atoms with E-state index in [9.17, 15) is 50.8 Å². The van der Waals surface area contributed by atoms with E-state index in [0.717, 1.165) is 6.07 Å². The zero-order valence-electron chi connectivity index (χ0n) is 22.8.